The molecule has 0 aliphatic carbocycles. The van der Waals surface area contributed by atoms with Gasteiger partial charge in [-0.2, -0.15) is 11.8 Å². The molecule has 0 amide bonds. The normalized spacial score (nSPS) is 9.56. The second-order valence-electron chi connectivity index (χ2n) is 1.89. The van der Waals surface area contributed by atoms with Crippen LogP contribution in [-0.4, -0.2) is 17.8 Å². The molecule has 1 nitrogen and oxygen atoms in total. The van der Waals surface area contributed by atoms with Gasteiger partial charge in [-0.3, -0.25) is 4.79 Å². The predicted molar refractivity (Wildman–Crippen MR) is 42.6 cm³/mol. The summed E-state index contributed by atoms with van der Waals surface area (Å²) in [5, 5.41) is 0. The first-order chi connectivity index (χ1) is 4.31. The topological polar surface area (TPSA) is 17.1 Å². The number of Topliss-reactive ketones (excluding diaryl/α,β-unsaturated/α-hetero) is 1. The summed E-state index contributed by atoms with van der Waals surface area (Å²) in [6.07, 6.45) is 4.23. The van der Waals surface area contributed by atoms with Crippen molar-refractivity contribution in [3.8, 4) is 0 Å². The second-order valence-corrected chi connectivity index (χ2v) is 2.87. The third-order valence-corrected chi connectivity index (χ3v) is 1.78. The van der Waals surface area contributed by atoms with E-state index in [1.165, 1.54) is 0 Å². The van der Waals surface area contributed by atoms with Gasteiger partial charge in [0.2, 0.25) is 0 Å². The quantitative estimate of drug-likeness (QED) is 0.550. The maximum atomic E-state index is 10.6. The van der Waals surface area contributed by atoms with Gasteiger partial charge in [0.05, 0.1) is 0 Å². The highest BCUT2D eigenvalue weighted by Crippen LogP contribution is 2.00. The highest BCUT2D eigenvalue weighted by atomic mass is 32.2. The Morgan fingerprint density at radius 2 is 2.33 bits per heavy atom. The highest BCUT2D eigenvalue weighted by Gasteiger charge is 1.95. The van der Waals surface area contributed by atoms with Crippen LogP contribution in [0.3, 0.4) is 0 Å². The van der Waals surface area contributed by atoms with Gasteiger partial charge in [0, 0.05) is 12.8 Å². The van der Waals surface area contributed by atoms with Crippen LogP contribution in [0.25, 0.3) is 0 Å². The van der Waals surface area contributed by atoms with Gasteiger partial charge in [-0.05, 0) is 25.4 Å². The Balaban J connectivity index is 2.97. The van der Waals surface area contributed by atoms with Crippen molar-refractivity contribution >= 4 is 17.5 Å². The van der Waals surface area contributed by atoms with Gasteiger partial charge in [0.25, 0.3) is 0 Å². The van der Waals surface area contributed by atoms with Crippen LogP contribution in [-0.2, 0) is 4.79 Å². The summed E-state index contributed by atoms with van der Waals surface area (Å²) >= 11 is 1.78. The Kier molecular flexibility index (Phi) is 6.16. The largest absolute Gasteiger partial charge is 0.300 e. The van der Waals surface area contributed by atoms with Crippen LogP contribution in [0.5, 0.6) is 0 Å². The lowest BCUT2D eigenvalue weighted by molar-refractivity contribution is -0.118. The van der Waals surface area contributed by atoms with Crippen LogP contribution in [0.4, 0.5) is 0 Å². The highest BCUT2D eigenvalue weighted by molar-refractivity contribution is 7.98. The van der Waals surface area contributed by atoms with Crippen molar-refractivity contribution in [1.82, 2.24) is 0 Å². The fraction of sp³-hybridized carbons (Fsp3) is 0.714. The Hall–Kier alpha value is 0.0200. The number of carbonyl (C=O) groups is 1. The maximum absolute atomic E-state index is 10.6. The Morgan fingerprint density at radius 1 is 1.67 bits per heavy atom. The van der Waals surface area contributed by atoms with Crippen molar-refractivity contribution < 1.29 is 4.79 Å². The molecule has 1 radical (unpaired) electrons. The van der Waals surface area contributed by atoms with E-state index in [1.54, 1.807) is 11.8 Å². The summed E-state index contributed by atoms with van der Waals surface area (Å²) < 4.78 is 0. The third-order valence-electron chi connectivity index (χ3n) is 1.08. The lowest BCUT2D eigenvalue weighted by atomic mass is 10.2. The van der Waals surface area contributed by atoms with E-state index in [0.29, 0.717) is 12.8 Å². The molecule has 0 aromatic heterocycles. The molecule has 0 saturated carbocycles. The van der Waals surface area contributed by atoms with Crippen LogP contribution in [0.2, 0.25) is 0 Å². The molecule has 53 valence electrons. The Morgan fingerprint density at radius 3 is 2.78 bits per heavy atom. The van der Waals surface area contributed by atoms with E-state index in [4.69, 9.17) is 0 Å². The Labute approximate surface area is 61.2 Å². The van der Waals surface area contributed by atoms with Crippen LogP contribution in [0.15, 0.2) is 0 Å². The molecule has 0 rings (SSSR count). The van der Waals surface area contributed by atoms with Crippen molar-refractivity contribution in [1.29, 1.82) is 0 Å². The number of ketones is 1. The van der Waals surface area contributed by atoms with Gasteiger partial charge in [0.15, 0.2) is 0 Å². The Bertz CT molecular complexity index is 81.0. The van der Waals surface area contributed by atoms with Crippen molar-refractivity contribution in [2.24, 2.45) is 0 Å². The van der Waals surface area contributed by atoms with E-state index in [-0.39, 0.29) is 5.78 Å². The number of thioether (sulfide) groups is 1. The van der Waals surface area contributed by atoms with Gasteiger partial charge in [-0.25, -0.2) is 0 Å². The molecular formula is C7H13OS. The average Bonchev–Trinajstić information content (AvgIpc) is 1.89. The van der Waals surface area contributed by atoms with Crippen LogP contribution in [0, 0.1) is 6.92 Å². The lowest BCUT2D eigenvalue weighted by Crippen LogP contribution is -1.94. The summed E-state index contributed by atoms with van der Waals surface area (Å²) in [5.41, 5.74) is 0. The number of rotatable bonds is 5. The van der Waals surface area contributed by atoms with E-state index in [2.05, 4.69) is 13.2 Å². The predicted octanol–water partition coefficient (Wildman–Crippen LogP) is 1.92. The van der Waals surface area contributed by atoms with Crippen molar-refractivity contribution in [3.05, 3.63) is 6.92 Å². The van der Waals surface area contributed by atoms with Crippen molar-refractivity contribution in [2.75, 3.05) is 12.0 Å². The smallest absolute Gasteiger partial charge is 0.132 e. The van der Waals surface area contributed by atoms with Crippen molar-refractivity contribution in [3.63, 3.8) is 0 Å². The first kappa shape index (κ1) is 9.02. The van der Waals surface area contributed by atoms with E-state index >= 15 is 0 Å². The molecule has 0 spiro atoms. The van der Waals surface area contributed by atoms with Crippen LogP contribution < -0.4 is 0 Å². The molecule has 0 aliphatic rings. The SMILES string of the molecule is [CH2]CC(=O)CCCSC. The average molecular weight is 145 g/mol. The van der Waals surface area contributed by atoms with Gasteiger partial charge >= 0.3 is 0 Å². The molecule has 0 bridgehead atoms. The molecule has 0 aromatic carbocycles. The van der Waals surface area contributed by atoms with E-state index in [0.717, 1.165) is 12.2 Å². The summed E-state index contributed by atoms with van der Waals surface area (Å²) in [7, 11) is 0. The fourth-order valence-electron chi connectivity index (χ4n) is 0.539. The monoisotopic (exact) mass is 145 g/mol. The lowest BCUT2D eigenvalue weighted by Gasteiger charge is -1.93. The summed E-state index contributed by atoms with van der Waals surface area (Å²) in [4.78, 5) is 10.6. The maximum Gasteiger partial charge on any atom is 0.132 e. The molecule has 9 heavy (non-hydrogen) atoms. The summed E-state index contributed by atoms with van der Waals surface area (Å²) in [6.45, 7) is 3.51. The van der Waals surface area contributed by atoms with Crippen molar-refractivity contribution in [2.45, 2.75) is 19.3 Å². The molecule has 0 aliphatic heterocycles. The zero-order valence-electron chi connectivity index (χ0n) is 5.85. The first-order valence-electron chi connectivity index (χ1n) is 3.11. The molecule has 0 N–H and O–H groups in total. The molecule has 0 saturated heterocycles. The van der Waals surface area contributed by atoms with Gasteiger partial charge in [-0.15, -0.1) is 0 Å². The number of carbonyl (C=O) groups excluding carboxylic acids is 1. The fourth-order valence-corrected chi connectivity index (χ4v) is 0.972. The standard InChI is InChI=1S/C7H13OS/c1-3-7(8)5-4-6-9-2/h1,3-6H2,2H3. The van der Waals surface area contributed by atoms with Gasteiger partial charge < -0.3 is 0 Å². The minimum absolute atomic E-state index is 0.282. The molecule has 0 fully saturated rings. The molecule has 2 heteroatoms. The van der Waals surface area contributed by atoms with Crippen LogP contribution in [0.1, 0.15) is 19.3 Å². The minimum Gasteiger partial charge on any atom is -0.300 e. The second kappa shape index (κ2) is 6.14. The summed E-state index contributed by atoms with van der Waals surface area (Å²) in [6, 6.07) is 0. The van der Waals surface area contributed by atoms with Gasteiger partial charge in [0.1, 0.15) is 5.78 Å². The third kappa shape index (κ3) is 5.90. The number of hydrogen-bond donors (Lipinski definition) is 0. The number of hydrogen-bond acceptors (Lipinski definition) is 2. The summed E-state index contributed by atoms with van der Waals surface area (Å²) in [5.74, 6) is 1.37. The van der Waals surface area contributed by atoms with E-state index in [1.807, 2.05) is 0 Å². The zero-order chi connectivity index (χ0) is 7.11. The minimum atomic E-state index is 0.282. The molecule has 0 aromatic rings. The van der Waals surface area contributed by atoms with Gasteiger partial charge in [-0.1, -0.05) is 0 Å². The first-order valence-corrected chi connectivity index (χ1v) is 4.50. The van der Waals surface area contributed by atoms with E-state index in [9.17, 15) is 4.79 Å². The molecule has 0 atom stereocenters. The molecule has 0 heterocycles. The van der Waals surface area contributed by atoms with E-state index < -0.39 is 0 Å². The zero-order valence-corrected chi connectivity index (χ0v) is 6.67. The molecule has 0 unspecified atom stereocenters. The van der Waals surface area contributed by atoms with Crippen LogP contribution >= 0.6 is 11.8 Å². The molecular weight excluding hydrogens is 132 g/mol.